The van der Waals surface area contributed by atoms with Gasteiger partial charge in [0.1, 0.15) is 9.84 Å². The number of rotatable bonds is 7. The van der Waals surface area contributed by atoms with Crippen molar-refractivity contribution in [1.29, 1.82) is 0 Å². The lowest BCUT2D eigenvalue weighted by Gasteiger charge is -2.06. The second-order valence-electron chi connectivity index (χ2n) is 4.49. The van der Waals surface area contributed by atoms with Crippen LogP contribution in [-0.2, 0) is 35.8 Å². The van der Waals surface area contributed by atoms with Crippen molar-refractivity contribution in [1.82, 2.24) is 9.78 Å². The van der Waals surface area contributed by atoms with Crippen LogP contribution >= 0.6 is 0 Å². The van der Waals surface area contributed by atoms with Crippen LogP contribution in [0.25, 0.3) is 0 Å². The predicted octanol–water partition coefficient (Wildman–Crippen LogP) is 0.901. The first-order valence-corrected chi connectivity index (χ1v) is 8.44. The van der Waals surface area contributed by atoms with Crippen LogP contribution in [-0.4, -0.2) is 30.2 Å². The highest BCUT2D eigenvalue weighted by atomic mass is 32.2. The van der Waals surface area contributed by atoms with Crippen LogP contribution in [0.1, 0.15) is 37.2 Å². The monoisotopic (exact) mass is 273 g/mol. The molecule has 0 spiro atoms. The Bertz CT molecular complexity index is 492. The first kappa shape index (κ1) is 15.2. The highest BCUT2D eigenvalue weighted by molar-refractivity contribution is 7.90. The van der Waals surface area contributed by atoms with E-state index in [1.807, 2.05) is 4.68 Å². The van der Waals surface area contributed by atoms with Gasteiger partial charge in [-0.1, -0.05) is 13.8 Å². The molecule has 0 bridgehead atoms. The third kappa shape index (κ3) is 3.81. The summed E-state index contributed by atoms with van der Waals surface area (Å²) in [5.74, 6) is 0.204. The summed E-state index contributed by atoms with van der Waals surface area (Å²) >= 11 is 0. The average Bonchev–Trinajstić information content (AvgIpc) is 2.64. The molecule has 0 aliphatic rings. The fourth-order valence-electron chi connectivity index (χ4n) is 2.17. The van der Waals surface area contributed by atoms with Gasteiger partial charge in [0.25, 0.3) is 0 Å². The molecule has 1 aromatic heterocycles. The number of aromatic nitrogens is 2. The zero-order valence-corrected chi connectivity index (χ0v) is 12.3. The first-order chi connectivity index (χ1) is 8.42. The van der Waals surface area contributed by atoms with Gasteiger partial charge in [0.15, 0.2) is 0 Å². The zero-order chi connectivity index (χ0) is 13.8. The Balaban J connectivity index is 2.85. The Morgan fingerprint density at radius 2 is 1.94 bits per heavy atom. The Labute approximate surface area is 109 Å². The van der Waals surface area contributed by atoms with Crippen LogP contribution in [0.4, 0.5) is 0 Å². The van der Waals surface area contributed by atoms with Crippen molar-refractivity contribution in [2.75, 3.05) is 12.0 Å². The summed E-state index contributed by atoms with van der Waals surface area (Å²) in [5, 5.41) is 4.53. The highest BCUT2D eigenvalue weighted by Gasteiger charge is 2.14. The van der Waals surface area contributed by atoms with Gasteiger partial charge in [0.2, 0.25) is 0 Å². The maximum atomic E-state index is 11.1. The smallest absolute Gasteiger partial charge is 0.147 e. The molecule has 0 aliphatic carbocycles. The average molecular weight is 273 g/mol. The quantitative estimate of drug-likeness (QED) is 0.800. The van der Waals surface area contributed by atoms with Gasteiger partial charge >= 0.3 is 0 Å². The molecule has 6 heteroatoms. The van der Waals surface area contributed by atoms with E-state index in [0.717, 1.165) is 29.8 Å². The highest BCUT2D eigenvalue weighted by Crippen LogP contribution is 2.16. The molecule has 0 aromatic carbocycles. The van der Waals surface area contributed by atoms with Crippen LogP contribution in [0.2, 0.25) is 0 Å². The second kappa shape index (κ2) is 6.33. The fraction of sp³-hybridized carbons (Fsp3) is 0.750. The van der Waals surface area contributed by atoms with Gasteiger partial charge in [-0.25, -0.2) is 8.42 Å². The minimum absolute atomic E-state index is 0.204. The van der Waals surface area contributed by atoms with Crippen molar-refractivity contribution >= 4 is 9.84 Å². The third-order valence-corrected chi connectivity index (χ3v) is 4.04. The zero-order valence-electron chi connectivity index (χ0n) is 11.4. The lowest BCUT2D eigenvalue weighted by atomic mass is 10.1. The minimum Gasteiger partial charge on any atom is -0.326 e. The van der Waals surface area contributed by atoms with E-state index in [1.165, 1.54) is 6.26 Å². The van der Waals surface area contributed by atoms with Crippen LogP contribution in [0.3, 0.4) is 0 Å². The molecule has 0 fully saturated rings. The van der Waals surface area contributed by atoms with Crippen LogP contribution in [0.5, 0.6) is 0 Å². The van der Waals surface area contributed by atoms with Crippen LogP contribution in [0, 0.1) is 0 Å². The fourth-order valence-corrected chi connectivity index (χ4v) is 2.82. The van der Waals surface area contributed by atoms with Crippen molar-refractivity contribution in [3.63, 3.8) is 0 Å². The molecule has 1 heterocycles. The van der Waals surface area contributed by atoms with E-state index in [2.05, 4.69) is 18.9 Å². The van der Waals surface area contributed by atoms with Gasteiger partial charge in [-0.2, -0.15) is 5.10 Å². The maximum absolute atomic E-state index is 11.1. The first-order valence-electron chi connectivity index (χ1n) is 6.38. The molecule has 0 amide bonds. The summed E-state index contributed by atoms with van der Waals surface area (Å²) in [4.78, 5) is 0. The topological polar surface area (TPSA) is 78.0 Å². The van der Waals surface area contributed by atoms with Gasteiger partial charge in [-0.15, -0.1) is 0 Å². The van der Waals surface area contributed by atoms with Gasteiger partial charge in [0, 0.05) is 30.6 Å². The number of hydrogen-bond acceptors (Lipinski definition) is 4. The van der Waals surface area contributed by atoms with Crippen molar-refractivity contribution in [3.05, 3.63) is 17.0 Å². The van der Waals surface area contributed by atoms with Crippen molar-refractivity contribution < 1.29 is 8.42 Å². The van der Waals surface area contributed by atoms with Crippen molar-refractivity contribution in [2.45, 2.75) is 46.2 Å². The number of sulfone groups is 1. The molecule has 2 N–H and O–H groups in total. The summed E-state index contributed by atoms with van der Waals surface area (Å²) in [6, 6.07) is 0. The molecule has 18 heavy (non-hydrogen) atoms. The number of hydrogen-bond donors (Lipinski definition) is 1. The molecular formula is C12H23N3O2S. The maximum Gasteiger partial charge on any atom is 0.147 e. The molecule has 1 aromatic rings. The summed E-state index contributed by atoms with van der Waals surface area (Å²) in [6.45, 7) is 5.27. The van der Waals surface area contributed by atoms with Gasteiger partial charge < -0.3 is 5.73 Å². The Morgan fingerprint density at radius 3 is 2.39 bits per heavy atom. The normalized spacial score (nSPS) is 12.0. The third-order valence-electron chi connectivity index (χ3n) is 3.01. The SMILES string of the molecule is CCc1nn(CCCS(C)(=O)=O)c(CC)c1CN. The van der Waals surface area contributed by atoms with Crippen LogP contribution < -0.4 is 5.73 Å². The minimum atomic E-state index is -2.89. The van der Waals surface area contributed by atoms with Crippen LogP contribution in [0.15, 0.2) is 0 Å². The molecule has 0 unspecified atom stereocenters. The van der Waals surface area contributed by atoms with E-state index in [9.17, 15) is 8.42 Å². The number of nitrogens with two attached hydrogens (primary N) is 1. The van der Waals surface area contributed by atoms with E-state index in [1.54, 1.807) is 0 Å². The Kier molecular flexibility index (Phi) is 5.34. The molecule has 0 radical (unpaired) electrons. The molecule has 104 valence electrons. The van der Waals surface area contributed by atoms with Crippen molar-refractivity contribution in [2.24, 2.45) is 5.73 Å². The predicted molar refractivity (Wildman–Crippen MR) is 73.2 cm³/mol. The van der Waals surface area contributed by atoms with E-state index >= 15 is 0 Å². The Hall–Kier alpha value is -0.880. The van der Waals surface area contributed by atoms with Crippen molar-refractivity contribution in [3.8, 4) is 0 Å². The number of nitrogens with zero attached hydrogens (tertiary/aromatic N) is 2. The molecule has 0 aliphatic heterocycles. The van der Waals surface area contributed by atoms with Gasteiger partial charge in [0.05, 0.1) is 11.4 Å². The number of aryl methyl sites for hydroxylation is 2. The summed E-state index contributed by atoms with van der Waals surface area (Å²) < 4.78 is 24.1. The molecule has 0 saturated carbocycles. The molecular weight excluding hydrogens is 250 g/mol. The van der Waals surface area contributed by atoms with E-state index in [0.29, 0.717) is 19.5 Å². The standard InChI is InChI=1S/C12H23N3O2S/c1-4-11-10(9-13)12(5-2)15(14-11)7-6-8-18(3,16)17/h4-9,13H2,1-3H3. The van der Waals surface area contributed by atoms with E-state index in [-0.39, 0.29) is 5.75 Å². The second-order valence-corrected chi connectivity index (χ2v) is 6.75. The molecule has 1 rings (SSSR count). The Morgan fingerprint density at radius 1 is 1.28 bits per heavy atom. The largest absolute Gasteiger partial charge is 0.326 e. The van der Waals surface area contributed by atoms with Gasteiger partial charge in [-0.3, -0.25) is 4.68 Å². The summed E-state index contributed by atoms with van der Waals surface area (Å²) in [5.41, 5.74) is 9.07. The van der Waals surface area contributed by atoms with E-state index in [4.69, 9.17) is 5.73 Å². The molecule has 0 saturated heterocycles. The molecule has 5 nitrogen and oxygen atoms in total. The lowest BCUT2D eigenvalue weighted by Crippen LogP contribution is -2.11. The van der Waals surface area contributed by atoms with Gasteiger partial charge in [-0.05, 0) is 19.3 Å². The molecule has 0 atom stereocenters. The summed E-state index contributed by atoms with van der Waals surface area (Å²) in [6.07, 6.45) is 3.59. The lowest BCUT2D eigenvalue weighted by molar-refractivity contribution is 0.558. The van der Waals surface area contributed by atoms with E-state index < -0.39 is 9.84 Å². The summed E-state index contributed by atoms with van der Waals surface area (Å²) in [7, 11) is -2.89.